The van der Waals surface area contributed by atoms with E-state index >= 15 is 0 Å². The van der Waals surface area contributed by atoms with Crippen LogP contribution >= 0.6 is 0 Å². The van der Waals surface area contributed by atoms with E-state index in [-0.39, 0.29) is 0 Å². The molecule has 0 N–H and O–H groups in total. The number of ether oxygens (including phenoxy) is 4. The van der Waals surface area contributed by atoms with Crippen molar-refractivity contribution >= 4 is 0 Å². The largest absolute Gasteiger partial charge is 0.381 e. The number of hydrogen-bond donors (Lipinski definition) is 0. The van der Waals surface area contributed by atoms with E-state index < -0.39 is 0 Å². The molecule has 0 aliphatic rings. The maximum Gasteiger partial charge on any atom is 0.0475 e. The van der Waals surface area contributed by atoms with Crippen LogP contribution in [0.15, 0.2) is 0 Å². The van der Waals surface area contributed by atoms with Crippen LogP contribution in [0.25, 0.3) is 0 Å². The van der Waals surface area contributed by atoms with E-state index in [1.165, 1.54) is 0 Å². The van der Waals surface area contributed by atoms with E-state index in [4.69, 9.17) is 31.8 Å². The van der Waals surface area contributed by atoms with Gasteiger partial charge in [-0.1, -0.05) is 0 Å². The second-order valence-corrected chi connectivity index (χ2v) is 6.19. The van der Waals surface area contributed by atoms with Crippen molar-refractivity contribution in [3.05, 3.63) is 0 Å². The molecule has 150 valence electrons. The highest BCUT2D eigenvalue weighted by atomic mass is 16.5. The summed E-state index contributed by atoms with van der Waals surface area (Å²) in [5.41, 5.74) is 0. The van der Waals surface area contributed by atoms with Crippen LogP contribution in [0.1, 0.15) is 64.2 Å². The molecule has 0 fully saturated rings. The van der Waals surface area contributed by atoms with Crippen molar-refractivity contribution in [1.82, 2.24) is 0 Å². The van der Waals surface area contributed by atoms with Gasteiger partial charge in [-0.3, -0.25) is 0 Å². The Morgan fingerprint density at radius 2 is 0.615 bits per heavy atom. The average molecular weight is 367 g/mol. The molecule has 0 spiro atoms. The number of terminal acetylenes is 2. The molecule has 0 saturated heterocycles. The first kappa shape index (κ1) is 25.0. The topological polar surface area (TPSA) is 36.9 Å². The molecule has 4 nitrogen and oxygen atoms in total. The zero-order chi connectivity index (χ0) is 19.0. The molecule has 0 saturated carbocycles. The van der Waals surface area contributed by atoms with E-state index in [2.05, 4.69) is 11.8 Å². The van der Waals surface area contributed by atoms with Crippen molar-refractivity contribution in [2.45, 2.75) is 64.2 Å². The summed E-state index contributed by atoms with van der Waals surface area (Å²) in [6.07, 6.45) is 20.2. The first-order valence-corrected chi connectivity index (χ1v) is 10.1. The summed E-state index contributed by atoms with van der Waals surface area (Å²) < 4.78 is 22.2. The van der Waals surface area contributed by atoms with Crippen molar-refractivity contribution < 1.29 is 18.9 Å². The zero-order valence-electron chi connectivity index (χ0n) is 16.5. The number of rotatable bonds is 21. The van der Waals surface area contributed by atoms with Gasteiger partial charge < -0.3 is 18.9 Å². The van der Waals surface area contributed by atoms with Crippen LogP contribution < -0.4 is 0 Å². The van der Waals surface area contributed by atoms with E-state index in [0.717, 1.165) is 117 Å². The molecule has 0 amide bonds. The lowest BCUT2D eigenvalue weighted by atomic mass is 10.3. The summed E-state index contributed by atoms with van der Waals surface area (Å²) >= 11 is 0. The Hall–Kier alpha value is -1.04. The highest BCUT2D eigenvalue weighted by Crippen LogP contribution is 1.98. The molecular formula is C22H38O4. The molecule has 4 heteroatoms. The zero-order valence-corrected chi connectivity index (χ0v) is 16.5. The molecule has 26 heavy (non-hydrogen) atoms. The van der Waals surface area contributed by atoms with Crippen molar-refractivity contribution in [3.63, 3.8) is 0 Å². The van der Waals surface area contributed by atoms with Crippen LogP contribution in [0, 0.1) is 24.7 Å². The highest BCUT2D eigenvalue weighted by Gasteiger charge is 1.94. The molecular weight excluding hydrogens is 328 g/mol. The molecule has 0 rings (SSSR count). The fraction of sp³-hybridized carbons (Fsp3) is 0.818. The summed E-state index contributed by atoms with van der Waals surface area (Å²) in [4.78, 5) is 0. The van der Waals surface area contributed by atoms with Crippen molar-refractivity contribution in [2.24, 2.45) is 0 Å². The Morgan fingerprint density at radius 1 is 0.385 bits per heavy atom. The second-order valence-electron chi connectivity index (χ2n) is 6.19. The minimum atomic E-state index is 0.768. The van der Waals surface area contributed by atoms with Gasteiger partial charge in [-0.25, -0.2) is 0 Å². The van der Waals surface area contributed by atoms with Crippen LogP contribution in [-0.2, 0) is 18.9 Å². The lowest BCUT2D eigenvalue weighted by Crippen LogP contribution is -2.03. The summed E-state index contributed by atoms with van der Waals surface area (Å²) in [6.45, 7) is 6.41. The maximum atomic E-state index is 5.61. The molecule has 0 aliphatic carbocycles. The fourth-order valence-electron chi connectivity index (χ4n) is 2.19. The van der Waals surface area contributed by atoms with Gasteiger partial charge >= 0.3 is 0 Å². The Labute approximate surface area is 161 Å². The van der Waals surface area contributed by atoms with Gasteiger partial charge in [0.25, 0.3) is 0 Å². The molecule has 0 heterocycles. The van der Waals surface area contributed by atoms with E-state index in [0.29, 0.717) is 0 Å². The van der Waals surface area contributed by atoms with Gasteiger partial charge in [-0.05, 0) is 51.4 Å². The van der Waals surface area contributed by atoms with Gasteiger partial charge in [0, 0.05) is 65.7 Å². The maximum absolute atomic E-state index is 5.61. The Balaban J connectivity index is 2.97. The van der Waals surface area contributed by atoms with Crippen LogP contribution in [-0.4, -0.2) is 52.9 Å². The van der Waals surface area contributed by atoms with Crippen molar-refractivity contribution in [2.75, 3.05) is 52.9 Å². The first-order valence-electron chi connectivity index (χ1n) is 10.1. The van der Waals surface area contributed by atoms with Gasteiger partial charge in [0.1, 0.15) is 0 Å². The van der Waals surface area contributed by atoms with Gasteiger partial charge in [0.2, 0.25) is 0 Å². The molecule has 0 bridgehead atoms. The standard InChI is InChI=1S/C22H38O4/c1-3-5-7-15-23-17-9-11-19-25-21-13-14-22-26-20-12-10-18-24-16-8-6-4-2/h1-2H,5-22H2. The van der Waals surface area contributed by atoms with Gasteiger partial charge in [0.05, 0.1) is 0 Å². The van der Waals surface area contributed by atoms with Crippen molar-refractivity contribution in [1.29, 1.82) is 0 Å². The average Bonchev–Trinajstić information content (AvgIpc) is 2.66. The predicted molar refractivity (Wildman–Crippen MR) is 107 cm³/mol. The quantitative estimate of drug-likeness (QED) is 0.225. The second kappa shape index (κ2) is 24.0. The SMILES string of the molecule is C#CCCCOCCCCOCCCCOCCCCOCCCC#C. The third kappa shape index (κ3) is 23.0. The smallest absolute Gasteiger partial charge is 0.0475 e. The summed E-state index contributed by atoms with van der Waals surface area (Å²) in [5.74, 6) is 5.22. The Morgan fingerprint density at radius 3 is 0.846 bits per heavy atom. The summed E-state index contributed by atoms with van der Waals surface area (Å²) in [5, 5.41) is 0. The summed E-state index contributed by atoms with van der Waals surface area (Å²) in [6, 6.07) is 0. The lowest BCUT2D eigenvalue weighted by molar-refractivity contribution is 0.0847. The van der Waals surface area contributed by atoms with Gasteiger partial charge in [-0.2, -0.15) is 0 Å². The lowest BCUT2D eigenvalue weighted by Gasteiger charge is -2.06. The molecule has 0 radical (unpaired) electrons. The molecule has 0 atom stereocenters. The highest BCUT2D eigenvalue weighted by molar-refractivity contribution is 4.83. The Bertz CT molecular complexity index is 309. The van der Waals surface area contributed by atoms with Gasteiger partial charge in [0.15, 0.2) is 0 Å². The molecule has 0 aromatic heterocycles. The molecule has 0 aliphatic heterocycles. The molecule has 0 unspecified atom stereocenters. The van der Waals surface area contributed by atoms with E-state index in [1.54, 1.807) is 0 Å². The van der Waals surface area contributed by atoms with Gasteiger partial charge in [-0.15, -0.1) is 24.7 Å². The fourth-order valence-corrected chi connectivity index (χ4v) is 2.19. The molecule has 0 aromatic rings. The van der Waals surface area contributed by atoms with Crippen LogP contribution in [0.3, 0.4) is 0 Å². The third-order valence-corrected chi connectivity index (χ3v) is 3.70. The predicted octanol–water partition coefficient (Wildman–Crippen LogP) is 4.22. The van der Waals surface area contributed by atoms with E-state index in [9.17, 15) is 0 Å². The van der Waals surface area contributed by atoms with Crippen LogP contribution in [0.5, 0.6) is 0 Å². The minimum absolute atomic E-state index is 0.768. The summed E-state index contributed by atoms with van der Waals surface area (Å²) in [7, 11) is 0. The normalized spacial score (nSPS) is 10.5. The number of unbranched alkanes of at least 4 members (excludes halogenated alkanes) is 5. The van der Waals surface area contributed by atoms with E-state index in [1.807, 2.05) is 0 Å². The third-order valence-electron chi connectivity index (χ3n) is 3.70. The van der Waals surface area contributed by atoms with Crippen LogP contribution in [0.2, 0.25) is 0 Å². The van der Waals surface area contributed by atoms with Crippen molar-refractivity contribution in [3.8, 4) is 24.7 Å². The van der Waals surface area contributed by atoms with Crippen LogP contribution in [0.4, 0.5) is 0 Å². The minimum Gasteiger partial charge on any atom is -0.381 e. The first-order chi connectivity index (χ1) is 12.9. The number of hydrogen-bond acceptors (Lipinski definition) is 4. The Kier molecular flexibility index (Phi) is 23.0. The monoisotopic (exact) mass is 366 g/mol. The molecule has 0 aromatic carbocycles.